The van der Waals surface area contributed by atoms with E-state index in [4.69, 9.17) is 4.74 Å². The van der Waals surface area contributed by atoms with Gasteiger partial charge in [-0.15, -0.1) is 11.3 Å². The first-order valence-corrected chi connectivity index (χ1v) is 12.0. The molecule has 0 amide bonds. The molecule has 0 aliphatic heterocycles. The van der Waals surface area contributed by atoms with Crippen molar-refractivity contribution in [1.82, 2.24) is 15.0 Å². The number of carbonyl (C=O) groups is 1. The molecule has 184 valence electrons. The number of nitrogens with zero attached hydrogens (tertiary/aromatic N) is 4. The van der Waals surface area contributed by atoms with Crippen LogP contribution in [-0.4, -0.2) is 39.7 Å². The molecule has 2 fully saturated rings. The van der Waals surface area contributed by atoms with E-state index in [-0.39, 0.29) is 29.7 Å². The van der Waals surface area contributed by atoms with Crippen molar-refractivity contribution in [2.24, 2.45) is 17.8 Å². The van der Waals surface area contributed by atoms with Crippen molar-refractivity contribution in [1.29, 1.82) is 0 Å². The fourth-order valence-electron chi connectivity index (χ4n) is 4.90. The average Bonchev–Trinajstić information content (AvgIpc) is 3.17. The Kier molecular flexibility index (Phi) is 5.79. The summed E-state index contributed by atoms with van der Waals surface area (Å²) in [6, 6.07) is 8.06. The molecule has 2 aromatic heterocycles. The molecule has 2 heterocycles. The Morgan fingerprint density at radius 1 is 1.26 bits per heavy atom. The maximum atomic E-state index is 13.0. The number of hydrogen-bond acceptors (Lipinski definition) is 8. The maximum Gasteiger partial charge on any atom is 0.433 e. The van der Waals surface area contributed by atoms with Crippen LogP contribution >= 0.6 is 11.3 Å². The average molecular weight is 505 g/mol. The molecule has 11 heteroatoms. The summed E-state index contributed by atoms with van der Waals surface area (Å²) in [6.07, 6.45) is -0.838. The van der Waals surface area contributed by atoms with E-state index in [2.05, 4.69) is 15.0 Å². The highest BCUT2D eigenvalue weighted by atomic mass is 32.1. The van der Waals surface area contributed by atoms with Crippen LogP contribution in [0, 0.1) is 17.8 Å². The lowest BCUT2D eigenvalue weighted by Crippen LogP contribution is -2.26. The molecular formula is C24H23F3N4O3S. The lowest BCUT2D eigenvalue weighted by atomic mass is 9.95. The van der Waals surface area contributed by atoms with Gasteiger partial charge in [0.1, 0.15) is 16.3 Å². The number of aromatic nitrogens is 3. The van der Waals surface area contributed by atoms with Gasteiger partial charge < -0.3 is 14.7 Å². The summed E-state index contributed by atoms with van der Waals surface area (Å²) < 4.78 is 44.3. The highest BCUT2D eigenvalue weighted by molar-refractivity contribution is 7.15. The molecular weight excluding hydrogens is 481 g/mol. The van der Waals surface area contributed by atoms with Crippen molar-refractivity contribution in [2.45, 2.75) is 31.5 Å². The summed E-state index contributed by atoms with van der Waals surface area (Å²) in [5.74, 6) is -0.140. The summed E-state index contributed by atoms with van der Waals surface area (Å²) in [5, 5.41) is 11.8. The fourth-order valence-corrected chi connectivity index (χ4v) is 5.92. The Labute approximate surface area is 203 Å². The molecule has 2 aliphatic carbocycles. The van der Waals surface area contributed by atoms with E-state index in [0.29, 0.717) is 30.1 Å². The molecule has 0 saturated heterocycles. The number of benzene rings is 1. The van der Waals surface area contributed by atoms with E-state index in [1.165, 1.54) is 16.2 Å². The topological polar surface area (TPSA) is 88.4 Å². The van der Waals surface area contributed by atoms with Crippen LogP contribution in [0.3, 0.4) is 0 Å². The van der Waals surface area contributed by atoms with Crippen LogP contribution in [0.15, 0.2) is 42.7 Å². The largest absolute Gasteiger partial charge is 0.466 e. The van der Waals surface area contributed by atoms with Crippen LogP contribution in [0.25, 0.3) is 10.4 Å². The predicted octanol–water partition coefficient (Wildman–Crippen LogP) is 4.79. The van der Waals surface area contributed by atoms with E-state index in [0.717, 1.165) is 22.7 Å². The molecule has 1 aromatic carbocycles. The van der Waals surface area contributed by atoms with Crippen molar-refractivity contribution in [3.63, 3.8) is 0 Å². The smallest absolute Gasteiger partial charge is 0.433 e. The van der Waals surface area contributed by atoms with Gasteiger partial charge in [-0.3, -0.25) is 4.79 Å². The predicted molar refractivity (Wildman–Crippen MR) is 123 cm³/mol. The van der Waals surface area contributed by atoms with Crippen LogP contribution < -0.4 is 4.90 Å². The number of alkyl halides is 3. The van der Waals surface area contributed by atoms with Crippen LogP contribution in [0.1, 0.15) is 30.5 Å². The Morgan fingerprint density at radius 2 is 2.00 bits per heavy atom. The van der Waals surface area contributed by atoms with Crippen molar-refractivity contribution >= 4 is 28.9 Å². The molecule has 0 bridgehead atoms. The SMILES string of the molecule is CCOC(=O)C1C2CC(O)(c3ncc(-c4cccc(N(C)c5nccc(C(F)(F)F)n5)c4)s3)CC21. The number of hydrogen-bond donors (Lipinski definition) is 1. The second-order valence-electron chi connectivity index (χ2n) is 8.92. The van der Waals surface area contributed by atoms with Gasteiger partial charge in [0.2, 0.25) is 5.95 Å². The van der Waals surface area contributed by atoms with Gasteiger partial charge in [0.05, 0.1) is 17.4 Å². The third-order valence-electron chi connectivity index (χ3n) is 6.69. The lowest BCUT2D eigenvalue weighted by Gasteiger charge is -2.22. The standard InChI is InChI=1S/C24H23F3N4O3S/c1-3-34-20(32)19-15-10-23(33,11-16(15)19)21-29-12-17(35-21)13-5-4-6-14(9-13)31(2)22-28-8-7-18(30-22)24(25,26)27/h4-9,12,15-16,19,33H,3,10-11H2,1-2H3. The van der Waals surface area contributed by atoms with Gasteiger partial charge in [0.15, 0.2) is 0 Å². The van der Waals surface area contributed by atoms with Crippen molar-refractivity contribution in [3.05, 3.63) is 53.4 Å². The van der Waals surface area contributed by atoms with Crippen LogP contribution in [0.4, 0.5) is 24.8 Å². The van der Waals surface area contributed by atoms with Gasteiger partial charge >= 0.3 is 12.1 Å². The quantitative estimate of drug-likeness (QED) is 0.483. The molecule has 3 aromatic rings. The molecule has 5 rings (SSSR count). The zero-order valence-corrected chi connectivity index (χ0v) is 19.8. The molecule has 0 radical (unpaired) electrons. The first kappa shape index (κ1) is 23.7. The van der Waals surface area contributed by atoms with Gasteiger partial charge in [0, 0.05) is 25.1 Å². The molecule has 2 unspecified atom stereocenters. The zero-order chi connectivity index (χ0) is 25.0. The van der Waals surface area contributed by atoms with E-state index in [9.17, 15) is 23.1 Å². The maximum absolute atomic E-state index is 13.0. The minimum Gasteiger partial charge on any atom is -0.466 e. The molecule has 0 spiro atoms. The van der Waals surface area contributed by atoms with Gasteiger partial charge in [-0.2, -0.15) is 13.2 Å². The van der Waals surface area contributed by atoms with E-state index < -0.39 is 17.5 Å². The molecule has 2 aliphatic rings. The molecule has 1 N–H and O–H groups in total. The number of rotatable bonds is 6. The Hall–Kier alpha value is -3.05. The Morgan fingerprint density at radius 3 is 2.69 bits per heavy atom. The Bertz CT molecular complexity index is 1250. The first-order valence-electron chi connectivity index (χ1n) is 11.2. The highest BCUT2D eigenvalue weighted by Crippen LogP contribution is 2.64. The lowest BCUT2D eigenvalue weighted by molar-refractivity contribution is -0.146. The molecule has 2 saturated carbocycles. The second kappa shape index (κ2) is 8.56. The normalized spacial score (nSPS) is 25.3. The molecule has 7 nitrogen and oxygen atoms in total. The van der Waals surface area contributed by atoms with E-state index >= 15 is 0 Å². The van der Waals surface area contributed by atoms with Crippen molar-refractivity contribution in [2.75, 3.05) is 18.6 Å². The van der Waals surface area contributed by atoms with E-state index in [1.54, 1.807) is 32.3 Å². The number of fused-ring (bicyclic) bond motifs is 1. The third-order valence-corrected chi connectivity index (χ3v) is 7.93. The van der Waals surface area contributed by atoms with Crippen molar-refractivity contribution < 1.29 is 27.8 Å². The summed E-state index contributed by atoms with van der Waals surface area (Å²) >= 11 is 1.37. The minimum atomic E-state index is -4.56. The van der Waals surface area contributed by atoms with Crippen molar-refractivity contribution in [3.8, 4) is 10.4 Å². The second-order valence-corrected chi connectivity index (χ2v) is 9.95. The molecule has 35 heavy (non-hydrogen) atoms. The number of ether oxygens (including phenoxy) is 1. The third kappa shape index (κ3) is 4.38. The summed E-state index contributed by atoms with van der Waals surface area (Å²) in [7, 11) is 1.60. The summed E-state index contributed by atoms with van der Waals surface area (Å²) in [6.45, 7) is 2.13. The number of esters is 1. The number of anilines is 2. The minimum absolute atomic E-state index is 0.0717. The number of aliphatic hydroxyl groups is 1. The van der Waals surface area contributed by atoms with Crippen LogP contribution in [0.2, 0.25) is 0 Å². The zero-order valence-electron chi connectivity index (χ0n) is 19.0. The highest BCUT2D eigenvalue weighted by Gasteiger charge is 2.65. The van der Waals surface area contributed by atoms with Gasteiger partial charge in [-0.05, 0) is 55.4 Å². The van der Waals surface area contributed by atoms with Gasteiger partial charge in [-0.1, -0.05) is 12.1 Å². The number of halogens is 3. The Balaban J connectivity index is 1.33. The van der Waals surface area contributed by atoms with Crippen LogP contribution in [-0.2, 0) is 21.3 Å². The van der Waals surface area contributed by atoms with Gasteiger partial charge in [0.25, 0.3) is 0 Å². The number of carbonyl (C=O) groups excluding carboxylic acids is 1. The molecule has 2 atom stereocenters. The fraction of sp³-hybridized carbons (Fsp3) is 0.417. The monoisotopic (exact) mass is 504 g/mol. The summed E-state index contributed by atoms with van der Waals surface area (Å²) in [5.41, 5.74) is -0.664. The first-order chi connectivity index (χ1) is 16.6. The van der Waals surface area contributed by atoms with Crippen LogP contribution in [0.5, 0.6) is 0 Å². The van der Waals surface area contributed by atoms with Gasteiger partial charge in [-0.25, -0.2) is 15.0 Å². The number of thiazole rings is 1. The van der Waals surface area contributed by atoms with E-state index in [1.807, 2.05) is 12.1 Å². The summed E-state index contributed by atoms with van der Waals surface area (Å²) in [4.78, 5) is 26.4.